The molecule has 0 spiro atoms. The number of hydrogen-bond acceptors (Lipinski definition) is 7. The number of benzene rings is 1. The fraction of sp³-hybridized carbons (Fsp3) is 0.814. The smallest absolute Gasteiger partial charge is 0.313 e. The summed E-state index contributed by atoms with van der Waals surface area (Å²) in [5.74, 6) is -0.344. The number of hydrogen-bond donors (Lipinski definition) is 1. The first-order chi connectivity index (χ1) is 22.5. The first kappa shape index (κ1) is 42.3. The highest BCUT2D eigenvalue weighted by molar-refractivity contribution is 5.84. The van der Waals surface area contributed by atoms with E-state index in [0.717, 1.165) is 42.4 Å². The van der Waals surface area contributed by atoms with Gasteiger partial charge in [-0.3, -0.25) is 19.4 Å². The van der Waals surface area contributed by atoms with Gasteiger partial charge in [-0.15, -0.1) is 0 Å². The topological polar surface area (TPSA) is 79.3 Å². The van der Waals surface area contributed by atoms with E-state index < -0.39 is 5.41 Å². The van der Waals surface area contributed by atoms with Crippen molar-refractivity contribution in [1.29, 1.82) is 0 Å². The number of piperidine rings is 2. The quantitative estimate of drug-likeness (QED) is 0.244. The van der Waals surface area contributed by atoms with Crippen LogP contribution >= 0.6 is 0 Å². The number of phenols is 1. The van der Waals surface area contributed by atoms with Gasteiger partial charge in [0.1, 0.15) is 18.0 Å². The Kier molecular flexibility index (Phi) is 12.2. The minimum atomic E-state index is -1.12. The Morgan fingerprint density at radius 2 is 1.12 bits per heavy atom. The van der Waals surface area contributed by atoms with Crippen molar-refractivity contribution in [2.75, 3.05) is 14.1 Å². The van der Waals surface area contributed by atoms with E-state index in [1.165, 1.54) is 0 Å². The summed E-state index contributed by atoms with van der Waals surface area (Å²) in [7, 11) is 4.29. The summed E-state index contributed by atoms with van der Waals surface area (Å²) in [5.41, 5.74) is 0.234. The van der Waals surface area contributed by atoms with Gasteiger partial charge in [-0.05, 0) is 110 Å². The molecule has 3 rings (SSSR count). The van der Waals surface area contributed by atoms with Crippen LogP contribution in [-0.2, 0) is 36.3 Å². The van der Waals surface area contributed by atoms with E-state index in [4.69, 9.17) is 9.47 Å². The van der Waals surface area contributed by atoms with Crippen molar-refractivity contribution in [2.24, 2.45) is 5.41 Å². The maximum atomic E-state index is 15.0. The van der Waals surface area contributed by atoms with Gasteiger partial charge in [0, 0.05) is 47.8 Å². The number of phenolic OH excluding ortho intramolecular Hbond substituents is 1. The van der Waals surface area contributed by atoms with Gasteiger partial charge in [-0.2, -0.15) is 0 Å². The first-order valence-corrected chi connectivity index (χ1v) is 19.2. The zero-order chi connectivity index (χ0) is 38.5. The second-order valence-corrected chi connectivity index (χ2v) is 20.6. The molecule has 2 aliphatic heterocycles. The molecule has 2 aliphatic rings. The lowest BCUT2D eigenvalue weighted by atomic mass is 9.72. The fourth-order valence-electron chi connectivity index (χ4n) is 8.84. The van der Waals surface area contributed by atoms with Crippen LogP contribution in [0.25, 0.3) is 0 Å². The van der Waals surface area contributed by atoms with Crippen molar-refractivity contribution in [1.82, 2.24) is 9.80 Å². The maximum absolute atomic E-state index is 15.0. The van der Waals surface area contributed by atoms with Crippen LogP contribution in [0.1, 0.15) is 172 Å². The molecular weight excluding hydrogens is 624 g/mol. The van der Waals surface area contributed by atoms with E-state index in [1.54, 1.807) is 0 Å². The molecule has 0 aliphatic carbocycles. The standard InChI is InChI=1S/C43H74N2O5/c1-18-19-20-43(36(48)50-31-26-41(12,13)45(17)42(14,15)27-31,28-34(46)49-30-24-39(8,9)44(16)40(10,11)25-30)23-29-21-32(37(2,3)4)35(47)33(22-29)38(5,6)7/h21-22,30-31,47H,18-20,23-28H2,1-17H3. The van der Waals surface area contributed by atoms with E-state index in [0.29, 0.717) is 31.4 Å². The summed E-state index contributed by atoms with van der Waals surface area (Å²) in [6.45, 7) is 32.4. The largest absolute Gasteiger partial charge is 0.507 e. The predicted octanol–water partition coefficient (Wildman–Crippen LogP) is 9.49. The van der Waals surface area contributed by atoms with Gasteiger partial charge in [0.25, 0.3) is 0 Å². The third-order valence-corrected chi connectivity index (χ3v) is 12.4. The third kappa shape index (κ3) is 9.45. The van der Waals surface area contributed by atoms with Gasteiger partial charge in [0.05, 0.1) is 11.8 Å². The monoisotopic (exact) mass is 699 g/mol. The number of carbonyl (C=O) groups excluding carboxylic acids is 2. The molecule has 0 bridgehead atoms. The third-order valence-electron chi connectivity index (χ3n) is 12.4. The maximum Gasteiger partial charge on any atom is 0.313 e. The molecule has 1 aromatic rings. The van der Waals surface area contributed by atoms with Crippen molar-refractivity contribution in [3.05, 3.63) is 28.8 Å². The molecule has 0 radical (unpaired) electrons. The minimum Gasteiger partial charge on any atom is -0.507 e. The molecule has 1 unspecified atom stereocenters. The van der Waals surface area contributed by atoms with Crippen LogP contribution in [-0.4, -0.2) is 75.3 Å². The molecule has 0 saturated carbocycles. The second-order valence-electron chi connectivity index (χ2n) is 20.6. The van der Waals surface area contributed by atoms with E-state index >= 15 is 0 Å². The number of nitrogens with zero attached hydrogens (tertiary/aromatic N) is 2. The van der Waals surface area contributed by atoms with Gasteiger partial charge in [-0.1, -0.05) is 73.4 Å². The Hall–Kier alpha value is -2.12. The van der Waals surface area contributed by atoms with Crippen molar-refractivity contribution in [2.45, 2.75) is 207 Å². The molecular formula is C43H74N2O5. The highest BCUT2D eigenvalue weighted by Crippen LogP contribution is 2.45. The number of carbonyl (C=O) groups is 2. The van der Waals surface area contributed by atoms with Crippen molar-refractivity contribution >= 4 is 11.9 Å². The molecule has 7 heteroatoms. The fourth-order valence-corrected chi connectivity index (χ4v) is 8.84. The van der Waals surface area contributed by atoms with Crippen LogP contribution in [0.4, 0.5) is 0 Å². The SMILES string of the molecule is CCCCC(CC(=O)OC1CC(C)(C)N(C)C(C)(C)C1)(Cc1cc(C(C)(C)C)c(O)c(C(C)(C)C)c1)C(=O)OC1CC(C)(C)N(C)C(C)(C)C1. The number of ether oxygens (including phenoxy) is 2. The van der Waals surface area contributed by atoms with Crippen LogP contribution in [0.2, 0.25) is 0 Å². The Balaban J connectivity index is 2.13. The van der Waals surface area contributed by atoms with Crippen LogP contribution in [0.3, 0.4) is 0 Å². The summed E-state index contributed by atoms with van der Waals surface area (Å²) in [4.78, 5) is 34.0. The molecule has 0 aromatic heterocycles. The van der Waals surface area contributed by atoms with E-state index in [2.05, 4.69) is 128 Å². The Labute approximate surface area is 306 Å². The predicted molar refractivity (Wildman–Crippen MR) is 206 cm³/mol. The van der Waals surface area contributed by atoms with Crippen LogP contribution in [0, 0.1) is 5.41 Å². The molecule has 50 heavy (non-hydrogen) atoms. The Bertz CT molecular complexity index is 1310. The van der Waals surface area contributed by atoms with Gasteiger partial charge < -0.3 is 14.6 Å². The second kappa shape index (κ2) is 14.4. The average molecular weight is 699 g/mol. The Morgan fingerprint density at radius 1 is 0.740 bits per heavy atom. The molecule has 2 fully saturated rings. The van der Waals surface area contributed by atoms with E-state index in [1.807, 2.05) is 12.1 Å². The normalized spacial score (nSPS) is 22.9. The summed E-state index contributed by atoms with van der Waals surface area (Å²) in [6, 6.07) is 4.10. The van der Waals surface area contributed by atoms with Crippen molar-refractivity contribution < 1.29 is 24.2 Å². The number of esters is 2. The highest BCUT2D eigenvalue weighted by atomic mass is 16.6. The van der Waals surface area contributed by atoms with Gasteiger partial charge in [-0.25, -0.2) is 0 Å². The zero-order valence-electron chi connectivity index (χ0n) is 35.1. The molecule has 0 amide bonds. The molecule has 1 atom stereocenters. The van der Waals surface area contributed by atoms with Gasteiger partial charge in [0.15, 0.2) is 0 Å². The number of likely N-dealkylation sites (tertiary alicyclic amines) is 2. The van der Waals surface area contributed by atoms with Crippen LogP contribution < -0.4 is 0 Å². The first-order valence-electron chi connectivity index (χ1n) is 19.2. The van der Waals surface area contributed by atoms with E-state index in [9.17, 15) is 14.7 Å². The van der Waals surface area contributed by atoms with Crippen molar-refractivity contribution in [3.63, 3.8) is 0 Å². The summed E-state index contributed by atoms with van der Waals surface area (Å²) in [5, 5.41) is 11.5. The van der Waals surface area contributed by atoms with E-state index in [-0.39, 0.29) is 63.6 Å². The van der Waals surface area contributed by atoms with Crippen LogP contribution in [0.15, 0.2) is 12.1 Å². The molecule has 2 saturated heterocycles. The molecule has 1 N–H and O–H groups in total. The number of rotatable bonds is 10. The summed E-state index contributed by atoms with van der Waals surface area (Å²) >= 11 is 0. The average Bonchev–Trinajstić information content (AvgIpc) is 2.92. The van der Waals surface area contributed by atoms with Gasteiger partial charge >= 0.3 is 11.9 Å². The lowest BCUT2D eigenvalue weighted by molar-refractivity contribution is -0.179. The zero-order valence-corrected chi connectivity index (χ0v) is 35.1. The molecule has 2 heterocycles. The van der Waals surface area contributed by atoms with Crippen molar-refractivity contribution in [3.8, 4) is 5.75 Å². The lowest BCUT2D eigenvalue weighted by Gasteiger charge is -2.53. The minimum absolute atomic E-state index is 0.0466. The molecule has 7 nitrogen and oxygen atoms in total. The summed E-state index contributed by atoms with van der Waals surface area (Å²) < 4.78 is 13.0. The number of unbranched alkanes of at least 4 members (excludes halogenated alkanes) is 1. The van der Waals surface area contributed by atoms with Gasteiger partial charge in [0.2, 0.25) is 0 Å². The summed E-state index contributed by atoms with van der Waals surface area (Å²) in [6.07, 6.45) is 4.83. The molecule has 286 valence electrons. The number of aromatic hydroxyl groups is 1. The molecule has 1 aromatic carbocycles. The highest BCUT2D eigenvalue weighted by Gasteiger charge is 2.50. The van der Waals surface area contributed by atoms with Crippen LogP contribution in [0.5, 0.6) is 5.75 Å². The lowest BCUT2D eigenvalue weighted by Crippen LogP contribution is -2.61. The Morgan fingerprint density at radius 3 is 1.48 bits per heavy atom.